The minimum Gasteiger partial charge on any atom is -0.489 e. The fourth-order valence-corrected chi connectivity index (χ4v) is 1.85. The molecule has 0 unspecified atom stereocenters. The fourth-order valence-electron chi connectivity index (χ4n) is 1.85. The highest BCUT2D eigenvalue weighted by molar-refractivity contribution is 5.89. The van der Waals surface area contributed by atoms with E-state index < -0.39 is 5.97 Å². The Labute approximate surface area is 123 Å². The summed E-state index contributed by atoms with van der Waals surface area (Å²) in [7, 11) is 1.34. The largest absolute Gasteiger partial charge is 0.489 e. The summed E-state index contributed by atoms with van der Waals surface area (Å²) in [5.41, 5.74) is 1.28. The van der Waals surface area contributed by atoms with Crippen LogP contribution in [-0.4, -0.2) is 19.2 Å². The van der Waals surface area contributed by atoms with Crippen molar-refractivity contribution in [2.75, 3.05) is 12.4 Å². The number of benzene rings is 1. The van der Waals surface area contributed by atoms with E-state index in [1.807, 2.05) is 38.1 Å². The van der Waals surface area contributed by atoms with Gasteiger partial charge >= 0.3 is 5.97 Å². The summed E-state index contributed by atoms with van der Waals surface area (Å²) >= 11 is 0. The van der Waals surface area contributed by atoms with Crippen LogP contribution in [0.15, 0.2) is 41.0 Å². The molecular formula is C16H19NO4. The lowest BCUT2D eigenvalue weighted by Gasteiger charge is -2.14. The number of hydrogen-bond donors (Lipinski definition) is 1. The summed E-state index contributed by atoms with van der Waals surface area (Å²) in [5.74, 6) is 1.02. The SMILES string of the molecule is COC(=O)c1coc(CNc2ccccc2OC(C)C)c1. The second-order valence-electron chi connectivity index (χ2n) is 4.81. The van der Waals surface area contributed by atoms with Crippen molar-refractivity contribution < 1.29 is 18.7 Å². The van der Waals surface area contributed by atoms with E-state index in [0.717, 1.165) is 11.4 Å². The highest BCUT2D eigenvalue weighted by Gasteiger charge is 2.11. The second-order valence-corrected chi connectivity index (χ2v) is 4.81. The molecule has 1 N–H and O–H groups in total. The van der Waals surface area contributed by atoms with Gasteiger partial charge in [-0.3, -0.25) is 0 Å². The minimum absolute atomic E-state index is 0.0995. The van der Waals surface area contributed by atoms with Crippen LogP contribution in [0.3, 0.4) is 0 Å². The van der Waals surface area contributed by atoms with Crippen LogP contribution in [0, 0.1) is 0 Å². The standard InChI is InChI=1S/C16H19NO4/c1-11(2)21-15-7-5-4-6-14(15)17-9-13-8-12(10-20-13)16(18)19-3/h4-8,10-11,17H,9H2,1-3H3. The van der Waals surface area contributed by atoms with Gasteiger partial charge in [0.1, 0.15) is 17.8 Å². The number of hydrogen-bond acceptors (Lipinski definition) is 5. The van der Waals surface area contributed by atoms with Gasteiger partial charge in [0.25, 0.3) is 0 Å². The molecule has 0 aliphatic carbocycles. The van der Waals surface area contributed by atoms with E-state index in [2.05, 4.69) is 10.1 Å². The molecule has 112 valence electrons. The van der Waals surface area contributed by atoms with Crippen LogP contribution in [0.4, 0.5) is 5.69 Å². The van der Waals surface area contributed by atoms with Gasteiger partial charge < -0.3 is 19.2 Å². The Morgan fingerprint density at radius 2 is 2.10 bits per heavy atom. The lowest BCUT2D eigenvalue weighted by atomic mass is 10.2. The zero-order chi connectivity index (χ0) is 15.2. The van der Waals surface area contributed by atoms with Crippen molar-refractivity contribution in [2.24, 2.45) is 0 Å². The summed E-state index contributed by atoms with van der Waals surface area (Å²) in [4.78, 5) is 11.4. The number of ether oxygens (including phenoxy) is 2. The molecule has 0 radical (unpaired) electrons. The van der Waals surface area contributed by atoms with Crippen molar-refractivity contribution in [3.63, 3.8) is 0 Å². The van der Waals surface area contributed by atoms with Gasteiger partial charge in [-0.05, 0) is 32.0 Å². The molecule has 0 aliphatic rings. The number of para-hydroxylation sites is 2. The molecule has 0 spiro atoms. The smallest absolute Gasteiger partial charge is 0.341 e. The Bertz CT molecular complexity index is 604. The lowest BCUT2D eigenvalue weighted by Crippen LogP contribution is -2.08. The number of nitrogens with one attached hydrogen (secondary N) is 1. The summed E-state index contributed by atoms with van der Waals surface area (Å²) in [6, 6.07) is 9.35. The van der Waals surface area contributed by atoms with E-state index in [9.17, 15) is 4.79 Å². The topological polar surface area (TPSA) is 60.7 Å². The predicted molar refractivity (Wildman–Crippen MR) is 79.6 cm³/mol. The Morgan fingerprint density at radius 1 is 1.33 bits per heavy atom. The molecule has 5 nitrogen and oxygen atoms in total. The molecule has 1 aromatic carbocycles. The molecule has 0 saturated carbocycles. The first-order chi connectivity index (χ1) is 10.1. The Hall–Kier alpha value is -2.43. The van der Waals surface area contributed by atoms with Crippen molar-refractivity contribution in [1.29, 1.82) is 0 Å². The first kappa shape index (κ1) is 15.0. The molecular weight excluding hydrogens is 270 g/mol. The van der Waals surface area contributed by atoms with Gasteiger partial charge in [-0.1, -0.05) is 12.1 Å². The average molecular weight is 289 g/mol. The molecule has 0 aliphatic heterocycles. The summed E-state index contributed by atoms with van der Waals surface area (Å²) in [5, 5.41) is 3.23. The number of carbonyl (C=O) groups is 1. The van der Waals surface area contributed by atoms with Gasteiger partial charge in [0, 0.05) is 0 Å². The first-order valence-electron chi connectivity index (χ1n) is 6.75. The number of furan rings is 1. The van der Waals surface area contributed by atoms with Crippen molar-refractivity contribution in [1.82, 2.24) is 0 Å². The van der Waals surface area contributed by atoms with E-state index in [0.29, 0.717) is 17.9 Å². The molecule has 1 aromatic heterocycles. The molecule has 2 aromatic rings. The highest BCUT2D eigenvalue weighted by atomic mass is 16.5. The van der Waals surface area contributed by atoms with Crippen LogP contribution in [0.1, 0.15) is 30.0 Å². The molecule has 0 bridgehead atoms. The molecule has 0 saturated heterocycles. The monoisotopic (exact) mass is 289 g/mol. The van der Waals surface area contributed by atoms with Crippen molar-refractivity contribution in [2.45, 2.75) is 26.5 Å². The molecule has 0 atom stereocenters. The fraction of sp³-hybridized carbons (Fsp3) is 0.312. The highest BCUT2D eigenvalue weighted by Crippen LogP contribution is 2.25. The van der Waals surface area contributed by atoms with Crippen LogP contribution in [-0.2, 0) is 11.3 Å². The van der Waals surface area contributed by atoms with E-state index >= 15 is 0 Å². The molecule has 2 rings (SSSR count). The van der Waals surface area contributed by atoms with E-state index in [1.165, 1.54) is 13.4 Å². The number of esters is 1. The molecule has 0 fully saturated rings. The van der Waals surface area contributed by atoms with Gasteiger partial charge in [0.2, 0.25) is 0 Å². The van der Waals surface area contributed by atoms with Gasteiger partial charge in [0.05, 0.1) is 31.0 Å². The minimum atomic E-state index is -0.409. The van der Waals surface area contributed by atoms with E-state index in [-0.39, 0.29) is 6.10 Å². The second kappa shape index (κ2) is 6.83. The third-order valence-corrected chi connectivity index (χ3v) is 2.78. The van der Waals surface area contributed by atoms with E-state index in [1.54, 1.807) is 6.07 Å². The maximum atomic E-state index is 11.4. The maximum absolute atomic E-state index is 11.4. The van der Waals surface area contributed by atoms with Crippen LogP contribution < -0.4 is 10.1 Å². The quantitative estimate of drug-likeness (QED) is 0.825. The molecule has 0 amide bonds. The number of rotatable bonds is 6. The number of methoxy groups -OCH3 is 1. The summed E-state index contributed by atoms with van der Waals surface area (Å²) in [6.45, 7) is 4.41. The summed E-state index contributed by atoms with van der Waals surface area (Å²) < 4.78 is 15.7. The number of carbonyl (C=O) groups excluding carboxylic acids is 1. The average Bonchev–Trinajstić information content (AvgIpc) is 2.94. The summed E-state index contributed by atoms with van der Waals surface area (Å²) in [6.07, 6.45) is 1.49. The molecule has 1 heterocycles. The van der Waals surface area contributed by atoms with Crippen molar-refractivity contribution in [3.8, 4) is 5.75 Å². The van der Waals surface area contributed by atoms with Crippen LogP contribution in [0.25, 0.3) is 0 Å². The Kier molecular flexibility index (Phi) is 4.87. The van der Waals surface area contributed by atoms with Crippen molar-refractivity contribution in [3.05, 3.63) is 47.9 Å². The van der Waals surface area contributed by atoms with Gasteiger partial charge in [-0.25, -0.2) is 4.79 Å². The van der Waals surface area contributed by atoms with Gasteiger partial charge in [-0.2, -0.15) is 0 Å². The zero-order valence-corrected chi connectivity index (χ0v) is 12.4. The predicted octanol–water partition coefficient (Wildman–Crippen LogP) is 3.47. The third-order valence-electron chi connectivity index (χ3n) is 2.78. The Morgan fingerprint density at radius 3 is 2.81 bits per heavy atom. The Balaban J connectivity index is 2.03. The van der Waals surface area contributed by atoms with Crippen LogP contribution >= 0.6 is 0 Å². The first-order valence-corrected chi connectivity index (χ1v) is 6.75. The normalized spacial score (nSPS) is 10.5. The molecule has 21 heavy (non-hydrogen) atoms. The third kappa shape index (κ3) is 4.02. The van der Waals surface area contributed by atoms with Crippen molar-refractivity contribution >= 4 is 11.7 Å². The zero-order valence-electron chi connectivity index (χ0n) is 12.4. The maximum Gasteiger partial charge on any atom is 0.341 e. The van der Waals surface area contributed by atoms with Gasteiger partial charge in [-0.15, -0.1) is 0 Å². The van der Waals surface area contributed by atoms with E-state index in [4.69, 9.17) is 9.15 Å². The lowest BCUT2D eigenvalue weighted by molar-refractivity contribution is 0.0600. The molecule has 5 heteroatoms. The van der Waals surface area contributed by atoms with Crippen LogP contribution in [0.5, 0.6) is 5.75 Å². The number of anilines is 1. The van der Waals surface area contributed by atoms with Crippen LogP contribution in [0.2, 0.25) is 0 Å². The van der Waals surface area contributed by atoms with Gasteiger partial charge in [0.15, 0.2) is 0 Å².